The van der Waals surface area contributed by atoms with Gasteiger partial charge in [-0.05, 0) is 58.6 Å². The Labute approximate surface area is 145 Å². The molecule has 2 saturated heterocycles. The third-order valence-electron chi connectivity index (χ3n) is 5.02. The highest BCUT2D eigenvalue weighted by molar-refractivity contribution is 5.68. The lowest BCUT2D eigenvalue weighted by molar-refractivity contribution is 0.0276. The summed E-state index contributed by atoms with van der Waals surface area (Å²) in [6.07, 6.45) is 3.92. The molecule has 0 saturated carbocycles. The lowest BCUT2D eigenvalue weighted by Gasteiger charge is -2.27. The molecule has 5 nitrogen and oxygen atoms in total. The Kier molecular flexibility index (Phi) is 4.22. The molecule has 24 heavy (non-hydrogen) atoms. The van der Waals surface area contributed by atoms with Gasteiger partial charge in [0.1, 0.15) is 11.4 Å². The van der Waals surface area contributed by atoms with Crippen LogP contribution in [0.3, 0.4) is 0 Å². The number of rotatable bonds is 1. The number of likely N-dealkylation sites (tertiary alicyclic amines) is 1. The van der Waals surface area contributed by atoms with Crippen LogP contribution in [-0.4, -0.2) is 47.8 Å². The molecule has 0 aliphatic carbocycles. The van der Waals surface area contributed by atoms with Crippen LogP contribution in [0.2, 0.25) is 0 Å². The standard InChI is InChI=1S/C19H29N3O2/c1-14-10-15(2)16(20-11-14)21-8-6-19(12-21)7-9-22(13-19)17(23)24-18(3,4)5/h10-11H,6-9,12-13H2,1-5H3. The molecule has 3 heterocycles. The van der Waals surface area contributed by atoms with Crippen LogP contribution in [0.4, 0.5) is 10.6 Å². The molecule has 1 aromatic rings. The van der Waals surface area contributed by atoms with Crippen molar-refractivity contribution in [2.24, 2.45) is 5.41 Å². The van der Waals surface area contributed by atoms with Gasteiger partial charge in [0.2, 0.25) is 0 Å². The van der Waals surface area contributed by atoms with Crippen LogP contribution in [0.5, 0.6) is 0 Å². The van der Waals surface area contributed by atoms with Crippen LogP contribution in [0.1, 0.15) is 44.7 Å². The van der Waals surface area contributed by atoms with Crippen LogP contribution in [0, 0.1) is 19.3 Å². The SMILES string of the molecule is Cc1cnc(N2CCC3(CCN(C(=O)OC(C)(C)C)C3)C2)c(C)c1. The first-order valence-electron chi connectivity index (χ1n) is 8.84. The van der Waals surface area contributed by atoms with E-state index in [1.165, 1.54) is 11.1 Å². The van der Waals surface area contributed by atoms with E-state index in [1.54, 1.807) is 0 Å². The van der Waals surface area contributed by atoms with Gasteiger partial charge >= 0.3 is 6.09 Å². The van der Waals surface area contributed by atoms with Gasteiger partial charge in [0.25, 0.3) is 0 Å². The number of hydrogen-bond donors (Lipinski definition) is 0. The van der Waals surface area contributed by atoms with Gasteiger partial charge in [-0.3, -0.25) is 0 Å². The fourth-order valence-electron chi connectivity index (χ4n) is 3.91. The summed E-state index contributed by atoms with van der Waals surface area (Å²) in [5, 5.41) is 0. The highest BCUT2D eigenvalue weighted by Crippen LogP contribution is 2.41. The number of aromatic nitrogens is 1. The fourth-order valence-corrected chi connectivity index (χ4v) is 3.91. The number of carbonyl (C=O) groups is 1. The maximum absolute atomic E-state index is 12.3. The Bertz CT molecular complexity index is 638. The van der Waals surface area contributed by atoms with E-state index in [-0.39, 0.29) is 11.5 Å². The normalized spacial score (nSPS) is 24.0. The number of amides is 1. The van der Waals surface area contributed by atoms with Crippen LogP contribution >= 0.6 is 0 Å². The molecule has 5 heteroatoms. The van der Waals surface area contributed by atoms with Crippen LogP contribution in [0.25, 0.3) is 0 Å². The highest BCUT2D eigenvalue weighted by atomic mass is 16.6. The molecule has 0 N–H and O–H groups in total. The predicted octanol–water partition coefficient (Wildman–Crippen LogP) is 3.54. The summed E-state index contributed by atoms with van der Waals surface area (Å²) in [7, 11) is 0. The number of aryl methyl sites for hydroxylation is 2. The summed E-state index contributed by atoms with van der Waals surface area (Å²) < 4.78 is 5.53. The molecule has 3 rings (SSSR count). The molecule has 2 aliphatic rings. The van der Waals surface area contributed by atoms with E-state index >= 15 is 0 Å². The van der Waals surface area contributed by atoms with E-state index in [0.717, 1.165) is 44.8 Å². The quantitative estimate of drug-likeness (QED) is 0.790. The van der Waals surface area contributed by atoms with Crippen molar-refractivity contribution in [2.75, 3.05) is 31.1 Å². The molecule has 0 bridgehead atoms. The van der Waals surface area contributed by atoms with Crippen LogP contribution < -0.4 is 4.90 Å². The second-order valence-corrected chi connectivity index (χ2v) is 8.48. The maximum Gasteiger partial charge on any atom is 0.410 e. The molecule has 0 radical (unpaired) electrons. The molecule has 1 aromatic heterocycles. The minimum atomic E-state index is -0.433. The Hall–Kier alpha value is -1.78. The maximum atomic E-state index is 12.3. The van der Waals surface area contributed by atoms with Crippen molar-refractivity contribution in [3.63, 3.8) is 0 Å². The van der Waals surface area contributed by atoms with Gasteiger partial charge in [0, 0.05) is 37.8 Å². The zero-order valence-corrected chi connectivity index (χ0v) is 15.6. The van der Waals surface area contributed by atoms with Crippen molar-refractivity contribution in [3.8, 4) is 0 Å². The van der Waals surface area contributed by atoms with Gasteiger partial charge in [-0.1, -0.05) is 6.07 Å². The van der Waals surface area contributed by atoms with Crippen molar-refractivity contribution in [3.05, 3.63) is 23.4 Å². The van der Waals surface area contributed by atoms with Gasteiger partial charge < -0.3 is 14.5 Å². The third kappa shape index (κ3) is 3.50. The number of nitrogens with zero attached hydrogens (tertiary/aromatic N) is 3. The van der Waals surface area contributed by atoms with Crippen LogP contribution in [0.15, 0.2) is 12.3 Å². The van der Waals surface area contributed by atoms with Crippen molar-refractivity contribution < 1.29 is 9.53 Å². The minimum absolute atomic E-state index is 0.178. The molecular weight excluding hydrogens is 302 g/mol. The summed E-state index contributed by atoms with van der Waals surface area (Å²) in [5.74, 6) is 1.09. The topological polar surface area (TPSA) is 45.7 Å². The molecular formula is C19H29N3O2. The Morgan fingerprint density at radius 2 is 1.92 bits per heavy atom. The molecule has 2 aliphatic heterocycles. The molecule has 1 amide bonds. The summed E-state index contributed by atoms with van der Waals surface area (Å²) in [5.41, 5.74) is 2.18. The van der Waals surface area contributed by atoms with Crippen molar-refractivity contribution in [1.29, 1.82) is 0 Å². The first kappa shape index (κ1) is 17.1. The first-order chi connectivity index (χ1) is 11.2. The van der Waals surface area contributed by atoms with Gasteiger partial charge in [-0.15, -0.1) is 0 Å². The third-order valence-corrected chi connectivity index (χ3v) is 5.02. The lowest BCUT2D eigenvalue weighted by Crippen LogP contribution is -2.37. The van der Waals surface area contributed by atoms with Gasteiger partial charge in [-0.25, -0.2) is 9.78 Å². The van der Waals surface area contributed by atoms with E-state index in [2.05, 4.69) is 29.8 Å². The Balaban J connectivity index is 1.66. The molecule has 1 spiro atoms. The molecule has 0 aromatic carbocycles. The summed E-state index contributed by atoms with van der Waals surface area (Å²) in [6.45, 7) is 13.5. The van der Waals surface area contributed by atoms with Gasteiger partial charge in [0.05, 0.1) is 0 Å². The molecule has 132 valence electrons. The number of hydrogen-bond acceptors (Lipinski definition) is 4. The second-order valence-electron chi connectivity index (χ2n) is 8.48. The van der Waals surface area contributed by atoms with Crippen molar-refractivity contribution in [2.45, 2.75) is 53.1 Å². The summed E-state index contributed by atoms with van der Waals surface area (Å²) >= 11 is 0. The number of carbonyl (C=O) groups excluding carboxylic acids is 1. The smallest absolute Gasteiger partial charge is 0.410 e. The van der Waals surface area contributed by atoms with Crippen molar-refractivity contribution >= 4 is 11.9 Å². The monoisotopic (exact) mass is 331 g/mol. The number of ether oxygens (including phenoxy) is 1. The molecule has 1 atom stereocenters. The van der Waals surface area contributed by atoms with Gasteiger partial charge in [0.15, 0.2) is 0 Å². The fraction of sp³-hybridized carbons (Fsp3) is 0.684. The molecule has 2 fully saturated rings. The van der Waals surface area contributed by atoms with E-state index < -0.39 is 5.60 Å². The Morgan fingerprint density at radius 3 is 2.58 bits per heavy atom. The van der Waals surface area contributed by atoms with E-state index in [0.29, 0.717) is 0 Å². The zero-order chi connectivity index (χ0) is 17.5. The largest absolute Gasteiger partial charge is 0.444 e. The zero-order valence-electron chi connectivity index (χ0n) is 15.6. The minimum Gasteiger partial charge on any atom is -0.444 e. The molecule has 1 unspecified atom stereocenters. The number of pyridine rings is 1. The first-order valence-corrected chi connectivity index (χ1v) is 8.84. The summed E-state index contributed by atoms with van der Waals surface area (Å²) in [6, 6.07) is 2.19. The predicted molar refractivity (Wildman–Crippen MR) is 95.4 cm³/mol. The van der Waals surface area contributed by atoms with E-state index in [9.17, 15) is 4.79 Å². The highest BCUT2D eigenvalue weighted by Gasteiger charge is 2.46. The lowest BCUT2D eigenvalue weighted by atomic mass is 9.86. The summed E-state index contributed by atoms with van der Waals surface area (Å²) in [4.78, 5) is 21.2. The second kappa shape index (κ2) is 5.94. The van der Waals surface area contributed by atoms with Crippen LogP contribution in [-0.2, 0) is 4.74 Å². The average molecular weight is 331 g/mol. The van der Waals surface area contributed by atoms with Gasteiger partial charge in [-0.2, -0.15) is 0 Å². The average Bonchev–Trinajstić information content (AvgIpc) is 3.05. The Morgan fingerprint density at radius 1 is 1.21 bits per heavy atom. The van der Waals surface area contributed by atoms with E-state index in [1.807, 2.05) is 31.9 Å². The van der Waals surface area contributed by atoms with Crippen molar-refractivity contribution in [1.82, 2.24) is 9.88 Å². The van der Waals surface area contributed by atoms with E-state index in [4.69, 9.17) is 4.74 Å². The number of anilines is 1.